The van der Waals surface area contributed by atoms with E-state index in [2.05, 4.69) is 0 Å². The lowest BCUT2D eigenvalue weighted by molar-refractivity contribution is -0.156. The fourth-order valence-corrected chi connectivity index (χ4v) is 3.13. The van der Waals surface area contributed by atoms with E-state index < -0.39 is 17.4 Å². The number of carbonyl (C=O) groups is 2. The Balaban J connectivity index is 2.31. The second kappa shape index (κ2) is 5.88. The Morgan fingerprint density at radius 3 is 2.43 bits per heavy atom. The minimum Gasteiger partial charge on any atom is -0.480 e. The Bertz CT molecular complexity index is 524. The molecule has 4 heteroatoms. The van der Waals surface area contributed by atoms with E-state index in [1.165, 1.54) is 0 Å². The second-order valence-electron chi connectivity index (χ2n) is 6.39. The van der Waals surface area contributed by atoms with Crippen molar-refractivity contribution >= 4 is 11.9 Å². The van der Waals surface area contributed by atoms with Crippen molar-refractivity contribution < 1.29 is 14.7 Å². The lowest BCUT2D eigenvalue weighted by Gasteiger charge is -2.41. The average Bonchev–Trinajstić information content (AvgIpc) is 2.46. The van der Waals surface area contributed by atoms with Crippen LogP contribution < -0.4 is 0 Å². The van der Waals surface area contributed by atoms with E-state index in [1.807, 2.05) is 51.1 Å². The van der Waals surface area contributed by atoms with Gasteiger partial charge in [0.15, 0.2) is 0 Å². The zero-order valence-electron chi connectivity index (χ0n) is 12.9. The van der Waals surface area contributed by atoms with Crippen LogP contribution in [-0.4, -0.2) is 34.5 Å². The summed E-state index contributed by atoms with van der Waals surface area (Å²) in [4.78, 5) is 26.1. The standard InChI is InChI=1S/C17H23NO3/c1-12-8-7-11-18(14(12)15(19)20)16(21)17(2,3)13-9-5-4-6-10-13/h4-6,9-10,12,14H,7-8,11H2,1-3H3,(H,19,20). The van der Waals surface area contributed by atoms with Crippen molar-refractivity contribution in [2.75, 3.05) is 6.54 Å². The molecule has 0 aliphatic carbocycles. The fourth-order valence-electron chi connectivity index (χ4n) is 3.13. The second-order valence-corrected chi connectivity index (χ2v) is 6.39. The van der Waals surface area contributed by atoms with Crippen LogP contribution in [0.25, 0.3) is 0 Å². The van der Waals surface area contributed by atoms with Crippen LogP contribution in [0.2, 0.25) is 0 Å². The van der Waals surface area contributed by atoms with Gasteiger partial charge >= 0.3 is 5.97 Å². The van der Waals surface area contributed by atoms with E-state index in [9.17, 15) is 14.7 Å². The zero-order chi connectivity index (χ0) is 15.6. The average molecular weight is 289 g/mol. The van der Waals surface area contributed by atoms with Crippen molar-refractivity contribution in [1.29, 1.82) is 0 Å². The molecule has 1 saturated heterocycles. The fraction of sp³-hybridized carbons (Fsp3) is 0.529. The normalized spacial score (nSPS) is 22.9. The summed E-state index contributed by atoms with van der Waals surface area (Å²) >= 11 is 0. The number of aliphatic carboxylic acids is 1. The first-order chi connectivity index (χ1) is 9.85. The van der Waals surface area contributed by atoms with Gasteiger partial charge in [0, 0.05) is 6.54 Å². The van der Waals surface area contributed by atoms with Crippen molar-refractivity contribution in [1.82, 2.24) is 4.90 Å². The molecule has 2 atom stereocenters. The summed E-state index contributed by atoms with van der Waals surface area (Å²) in [7, 11) is 0. The van der Waals surface area contributed by atoms with Gasteiger partial charge in [-0.05, 0) is 38.2 Å². The minimum absolute atomic E-state index is 0.00762. The summed E-state index contributed by atoms with van der Waals surface area (Å²) in [5.41, 5.74) is 0.198. The number of carbonyl (C=O) groups excluding carboxylic acids is 1. The van der Waals surface area contributed by atoms with Crippen molar-refractivity contribution in [2.24, 2.45) is 5.92 Å². The van der Waals surface area contributed by atoms with Crippen LogP contribution >= 0.6 is 0 Å². The van der Waals surface area contributed by atoms with Gasteiger partial charge in [-0.15, -0.1) is 0 Å². The number of nitrogens with zero attached hydrogens (tertiary/aromatic N) is 1. The van der Waals surface area contributed by atoms with Crippen molar-refractivity contribution in [3.63, 3.8) is 0 Å². The highest BCUT2D eigenvalue weighted by molar-refractivity contribution is 5.91. The monoisotopic (exact) mass is 289 g/mol. The highest BCUT2D eigenvalue weighted by Crippen LogP contribution is 2.31. The number of rotatable bonds is 3. The molecule has 0 radical (unpaired) electrons. The first-order valence-electron chi connectivity index (χ1n) is 7.45. The number of likely N-dealkylation sites (tertiary alicyclic amines) is 1. The van der Waals surface area contributed by atoms with Gasteiger partial charge in [-0.3, -0.25) is 4.79 Å². The predicted octanol–water partition coefficient (Wildman–Crippen LogP) is 2.68. The number of amides is 1. The number of carboxylic acid groups (broad SMARTS) is 1. The third-order valence-corrected chi connectivity index (χ3v) is 4.48. The van der Waals surface area contributed by atoms with Crippen LogP contribution in [0, 0.1) is 5.92 Å². The maximum Gasteiger partial charge on any atom is 0.326 e. The molecule has 1 aromatic rings. The molecule has 114 valence electrons. The Kier molecular flexibility index (Phi) is 4.35. The molecule has 1 aromatic carbocycles. The molecule has 0 bridgehead atoms. The number of benzene rings is 1. The highest BCUT2D eigenvalue weighted by Gasteiger charge is 2.42. The Hall–Kier alpha value is -1.84. The van der Waals surface area contributed by atoms with E-state index in [0.29, 0.717) is 6.54 Å². The Morgan fingerprint density at radius 1 is 1.24 bits per heavy atom. The molecule has 1 aliphatic rings. The summed E-state index contributed by atoms with van der Waals surface area (Å²) in [6, 6.07) is 8.83. The van der Waals surface area contributed by atoms with Gasteiger partial charge in [-0.25, -0.2) is 4.79 Å². The van der Waals surface area contributed by atoms with Gasteiger partial charge in [0.05, 0.1) is 5.41 Å². The topological polar surface area (TPSA) is 57.6 Å². The van der Waals surface area contributed by atoms with Crippen LogP contribution in [0.15, 0.2) is 30.3 Å². The van der Waals surface area contributed by atoms with E-state index in [4.69, 9.17) is 0 Å². The van der Waals surface area contributed by atoms with Gasteiger partial charge in [-0.1, -0.05) is 37.3 Å². The van der Waals surface area contributed by atoms with Gasteiger partial charge in [-0.2, -0.15) is 0 Å². The number of hydrogen-bond donors (Lipinski definition) is 1. The molecule has 2 rings (SSSR count). The smallest absolute Gasteiger partial charge is 0.326 e. The van der Waals surface area contributed by atoms with Crippen LogP contribution in [0.5, 0.6) is 0 Å². The number of piperidine rings is 1. The molecule has 1 aliphatic heterocycles. The maximum absolute atomic E-state index is 12.9. The maximum atomic E-state index is 12.9. The Labute approximate surface area is 125 Å². The molecule has 1 heterocycles. The largest absolute Gasteiger partial charge is 0.480 e. The summed E-state index contributed by atoms with van der Waals surface area (Å²) in [6.45, 7) is 6.16. The lowest BCUT2D eigenvalue weighted by atomic mass is 9.81. The summed E-state index contributed by atoms with van der Waals surface area (Å²) < 4.78 is 0. The zero-order valence-corrected chi connectivity index (χ0v) is 12.9. The Morgan fingerprint density at radius 2 is 1.86 bits per heavy atom. The van der Waals surface area contributed by atoms with Crippen LogP contribution in [0.3, 0.4) is 0 Å². The molecule has 1 N–H and O–H groups in total. The molecular weight excluding hydrogens is 266 g/mol. The first-order valence-corrected chi connectivity index (χ1v) is 7.45. The summed E-state index contributed by atoms with van der Waals surface area (Å²) in [6.07, 6.45) is 1.72. The highest BCUT2D eigenvalue weighted by atomic mass is 16.4. The van der Waals surface area contributed by atoms with E-state index in [0.717, 1.165) is 18.4 Å². The number of carboxylic acids is 1. The minimum atomic E-state index is -0.903. The van der Waals surface area contributed by atoms with Gasteiger partial charge in [0.1, 0.15) is 6.04 Å². The molecule has 0 aromatic heterocycles. The van der Waals surface area contributed by atoms with Crippen LogP contribution in [-0.2, 0) is 15.0 Å². The van der Waals surface area contributed by atoms with Crippen LogP contribution in [0.1, 0.15) is 39.2 Å². The SMILES string of the molecule is CC1CCCN(C(=O)C(C)(C)c2ccccc2)C1C(=O)O. The van der Waals surface area contributed by atoms with Crippen molar-refractivity contribution in [3.8, 4) is 0 Å². The first kappa shape index (κ1) is 15.5. The molecule has 21 heavy (non-hydrogen) atoms. The molecule has 0 spiro atoms. The molecule has 0 saturated carbocycles. The summed E-state index contributed by atoms with van der Waals surface area (Å²) in [5.74, 6) is -1.01. The molecule has 2 unspecified atom stereocenters. The lowest BCUT2D eigenvalue weighted by Crippen LogP contribution is -2.56. The number of hydrogen-bond acceptors (Lipinski definition) is 2. The third kappa shape index (κ3) is 2.94. The van der Waals surface area contributed by atoms with E-state index in [1.54, 1.807) is 4.90 Å². The van der Waals surface area contributed by atoms with Crippen molar-refractivity contribution in [2.45, 2.75) is 45.1 Å². The molecule has 4 nitrogen and oxygen atoms in total. The third-order valence-electron chi connectivity index (χ3n) is 4.48. The van der Waals surface area contributed by atoms with E-state index >= 15 is 0 Å². The molecule has 1 fully saturated rings. The molecule has 1 amide bonds. The quantitative estimate of drug-likeness (QED) is 0.930. The van der Waals surface area contributed by atoms with Crippen molar-refractivity contribution in [3.05, 3.63) is 35.9 Å². The molecular formula is C17H23NO3. The van der Waals surface area contributed by atoms with Gasteiger partial charge in [0.2, 0.25) is 5.91 Å². The summed E-state index contributed by atoms with van der Waals surface area (Å²) in [5, 5.41) is 9.47. The van der Waals surface area contributed by atoms with Gasteiger partial charge in [0.25, 0.3) is 0 Å². The van der Waals surface area contributed by atoms with Crippen LogP contribution in [0.4, 0.5) is 0 Å². The van der Waals surface area contributed by atoms with Gasteiger partial charge < -0.3 is 10.0 Å². The predicted molar refractivity (Wildman–Crippen MR) is 81.0 cm³/mol. The van der Waals surface area contributed by atoms with E-state index in [-0.39, 0.29) is 11.8 Å².